The number of piperazine rings is 1. The van der Waals surface area contributed by atoms with Gasteiger partial charge in [0.2, 0.25) is 11.8 Å². The minimum absolute atomic E-state index is 0.0404. The predicted molar refractivity (Wildman–Crippen MR) is 67.9 cm³/mol. The van der Waals surface area contributed by atoms with Crippen molar-refractivity contribution in [3.63, 3.8) is 0 Å². The molecule has 0 aromatic carbocycles. The number of amides is 2. The predicted octanol–water partition coefficient (Wildman–Crippen LogP) is 1.45. The average molecular weight is 250 g/mol. The highest BCUT2D eigenvalue weighted by molar-refractivity contribution is 5.98. The molecule has 0 bridgehead atoms. The summed E-state index contributed by atoms with van der Waals surface area (Å²) >= 11 is 0. The first-order valence-electron chi connectivity index (χ1n) is 7.28. The summed E-state index contributed by atoms with van der Waals surface area (Å²) in [6, 6.07) is 0.348. The number of hydrogen-bond acceptors (Lipinski definition) is 2. The van der Waals surface area contributed by atoms with E-state index in [2.05, 4.69) is 12.2 Å². The molecule has 4 nitrogen and oxygen atoms in total. The molecule has 4 heteroatoms. The highest BCUT2D eigenvalue weighted by Gasteiger charge is 2.53. The summed E-state index contributed by atoms with van der Waals surface area (Å²) < 4.78 is 0. The van der Waals surface area contributed by atoms with Gasteiger partial charge in [0.25, 0.3) is 0 Å². The van der Waals surface area contributed by atoms with Crippen molar-refractivity contribution in [2.75, 3.05) is 6.54 Å². The van der Waals surface area contributed by atoms with E-state index in [1.165, 1.54) is 12.8 Å². The zero-order valence-corrected chi connectivity index (χ0v) is 11.1. The number of rotatable bonds is 3. The number of nitrogens with zero attached hydrogens (tertiary/aromatic N) is 1. The summed E-state index contributed by atoms with van der Waals surface area (Å²) in [5, 5.41) is 2.97. The van der Waals surface area contributed by atoms with Crippen LogP contribution in [0.2, 0.25) is 0 Å². The summed E-state index contributed by atoms with van der Waals surface area (Å²) in [5.41, 5.74) is -0.533. The van der Waals surface area contributed by atoms with Crippen LogP contribution in [0.1, 0.15) is 51.9 Å². The van der Waals surface area contributed by atoms with Crippen molar-refractivity contribution in [3.05, 3.63) is 0 Å². The lowest BCUT2D eigenvalue weighted by Crippen LogP contribution is -2.66. The monoisotopic (exact) mass is 250 g/mol. The summed E-state index contributed by atoms with van der Waals surface area (Å²) in [6.07, 6.45) is 7.23. The lowest BCUT2D eigenvalue weighted by atomic mass is 9.93. The van der Waals surface area contributed by atoms with Crippen molar-refractivity contribution in [1.82, 2.24) is 10.2 Å². The van der Waals surface area contributed by atoms with Crippen molar-refractivity contribution in [1.29, 1.82) is 0 Å². The second-order valence-corrected chi connectivity index (χ2v) is 6.12. The second kappa shape index (κ2) is 4.25. The Kier molecular flexibility index (Phi) is 2.83. The number of carbonyl (C=O) groups excluding carboxylic acids is 2. The van der Waals surface area contributed by atoms with Gasteiger partial charge in [0.1, 0.15) is 5.54 Å². The van der Waals surface area contributed by atoms with E-state index in [0.717, 1.165) is 32.1 Å². The molecule has 1 spiro atoms. The molecule has 2 aliphatic carbocycles. The first-order valence-corrected chi connectivity index (χ1v) is 7.28. The van der Waals surface area contributed by atoms with Gasteiger partial charge in [0.15, 0.2) is 0 Å². The molecule has 1 heterocycles. The third-order valence-electron chi connectivity index (χ3n) is 4.77. The van der Waals surface area contributed by atoms with Gasteiger partial charge in [-0.2, -0.15) is 0 Å². The molecular weight excluding hydrogens is 228 g/mol. The fraction of sp³-hybridized carbons (Fsp3) is 0.857. The van der Waals surface area contributed by atoms with Crippen LogP contribution in [0.5, 0.6) is 0 Å². The third-order valence-corrected chi connectivity index (χ3v) is 4.77. The molecule has 2 amide bonds. The lowest BCUT2D eigenvalue weighted by Gasteiger charge is -2.40. The first kappa shape index (κ1) is 12.0. The molecule has 1 saturated heterocycles. The smallest absolute Gasteiger partial charge is 0.249 e. The minimum atomic E-state index is -0.533. The first-order chi connectivity index (χ1) is 8.66. The van der Waals surface area contributed by atoms with Crippen LogP contribution in [0.3, 0.4) is 0 Å². The van der Waals surface area contributed by atoms with Gasteiger partial charge in [-0.25, -0.2) is 0 Å². The summed E-state index contributed by atoms with van der Waals surface area (Å²) in [4.78, 5) is 26.4. The molecule has 1 aliphatic heterocycles. The number of hydrogen-bond donors (Lipinski definition) is 1. The molecular formula is C14H22N2O2. The van der Waals surface area contributed by atoms with Gasteiger partial charge in [-0.05, 0) is 31.6 Å². The summed E-state index contributed by atoms with van der Waals surface area (Å²) in [6.45, 7) is 2.46. The van der Waals surface area contributed by atoms with Crippen LogP contribution in [-0.2, 0) is 9.59 Å². The van der Waals surface area contributed by atoms with Crippen molar-refractivity contribution in [2.24, 2.45) is 5.92 Å². The molecule has 2 saturated carbocycles. The quantitative estimate of drug-likeness (QED) is 0.824. The molecule has 1 N–H and O–H groups in total. The molecule has 18 heavy (non-hydrogen) atoms. The average Bonchev–Trinajstić information content (AvgIpc) is 2.94. The van der Waals surface area contributed by atoms with Crippen LogP contribution in [0, 0.1) is 5.92 Å². The number of carbonyl (C=O) groups is 2. The fourth-order valence-electron chi connectivity index (χ4n) is 3.74. The Balaban J connectivity index is 1.75. The van der Waals surface area contributed by atoms with E-state index < -0.39 is 5.54 Å². The second-order valence-electron chi connectivity index (χ2n) is 6.12. The molecule has 3 rings (SSSR count). The zero-order valence-electron chi connectivity index (χ0n) is 11.1. The standard InChI is InChI=1S/C14H22N2O2/c1-2-5-10-8-11(10)16-9-12(17)15-14(13(16)18)6-3-4-7-14/h10-11H,2-9H2,1H3,(H,15,17). The Bertz CT molecular complexity index is 374. The van der Waals surface area contributed by atoms with E-state index in [4.69, 9.17) is 0 Å². The van der Waals surface area contributed by atoms with Crippen molar-refractivity contribution in [2.45, 2.75) is 63.5 Å². The lowest BCUT2D eigenvalue weighted by molar-refractivity contribution is -0.150. The SMILES string of the molecule is CCCC1CC1N1CC(=O)NC2(CCCC2)C1=O. The molecule has 3 aliphatic rings. The van der Waals surface area contributed by atoms with E-state index in [9.17, 15) is 9.59 Å². The van der Waals surface area contributed by atoms with Gasteiger partial charge >= 0.3 is 0 Å². The van der Waals surface area contributed by atoms with E-state index in [0.29, 0.717) is 12.0 Å². The minimum Gasteiger partial charge on any atom is -0.340 e. The Morgan fingerprint density at radius 2 is 2.06 bits per heavy atom. The Morgan fingerprint density at radius 3 is 2.72 bits per heavy atom. The van der Waals surface area contributed by atoms with Crippen molar-refractivity contribution >= 4 is 11.8 Å². The summed E-state index contributed by atoms with van der Waals surface area (Å²) in [7, 11) is 0. The van der Waals surface area contributed by atoms with Crippen LogP contribution in [0.4, 0.5) is 0 Å². The maximum Gasteiger partial charge on any atom is 0.249 e. The van der Waals surface area contributed by atoms with E-state index in [1.54, 1.807) is 0 Å². The fourth-order valence-corrected chi connectivity index (χ4v) is 3.74. The van der Waals surface area contributed by atoms with Gasteiger partial charge < -0.3 is 10.2 Å². The molecule has 2 atom stereocenters. The Morgan fingerprint density at radius 1 is 1.33 bits per heavy atom. The maximum absolute atomic E-state index is 12.6. The largest absolute Gasteiger partial charge is 0.340 e. The van der Waals surface area contributed by atoms with Gasteiger partial charge in [0.05, 0.1) is 6.54 Å². The zero-order chi connectivity index (χ0) is 12.8. The van der Waals surface area contributed by atoms with Crippen molar-refractivity contribution in [3.8, 4) is 0 Å². The van der Waals surface area contributed by atoms with Crippen LogP contribution in [0.15, 0.2) is 0 Å². The van der Waals surface area contributed by atoms with Gasteiger partial charge in [-0.15, -0.1) is 0 Å². The third kappa shape index (κ3) is 1.82. The van der Waals surface area contributed by atoms with Gasteiger partial charge in [0, 0.05) is 6.04 Å². The van der Waals surface area contributed by atoms with Crippen LogP contribution < -0.4 is 5.32 Å². The Hall–Kier alpha value is -1.06. The molecule has 0 radical (unpaired) electrons. The van der Waals surface area contributed by atoms with Crippen LogP contribution >= 0.6 is 0 Å². The summed E-state index contributed by atoms with van der Waals surface area (Å²) in [5.74, 6) is 0.880. The van der Waals surface area contributed by atoms with E-state index in [-0.39, 0.29) is 18.4 Å². The molecule has 0 aromatic rings. The highest BCUT2D eigenvalue weighted by Crippen LogP contribution is 2.43. The van der Waals surface area contributed by atoms with Gasteiger partial charge in [-0.3, -0.25) is 9.59 Å². The molecule has 0 aromatic heterocycles. The highest BCUT2D eigenvalue weighted by atomic mass is 16.2. The molecule has 100 valence electrons. The Labute approximate surface area is 108 Å². The van der Waals surface area contributed by atoms with E-state index in [1.807, 2.05) is 4.90 Å². The number of nitrogens with one attached hydrogen (secondary N) is 1. The van der Waals surface area contributed by atoms with Gasteiger partial charge in [-0.1, -0.05) is 26.2 Å². The maximum atomic E-state index is 12.6. The molecule has 3 fully saturated rings. The van der Waals surface area contributed by atoms with Crippen molar-refractivity contribution < 1.29 is 9.59 Å². The topological polar surface area (TPSA) is 49.4 Å². The van der Waals surface area contributed by atoms with E-state index >= 15 is 0 Å². The molecule has 2 unspecified atom stereocenters. The van der Waals surface area contributed by atoms with Crippen LogP contribution in [0.25, 0.3) is 0 Å². The van der Waals surface area contributed by atoms with Crippen LogP contribution in [-0.4, -0.2) is 34.8 Å². The normalized spacial score (nSPS) is 33.9.